The van der Waals surface area contributed by atoms with E-state index < -0.39 is 0 Å². The van der Waals surface area contributed by atoms with E-state index in [0.717, 1.165) is 20.5 Å². The molecule has 2 aromatic heterocycles. The van der Waals surface area contributed by atoms with E-state index in [4.69, 9.17) is 5.84 Å². The molecule has 19 heavy (non-hydrogen) atoms. The molecule has 3 N–H and O–H groups in total. The minimum atomic E-state index is -0.226. The Morgan fingerprint density at radius 1 is 1.42 bits per heavy atom. The monoisotopic (exact) mass is 276 g/mol. The molecule has 1 unspecified atom stereocenters. The summed E-state index contributed by atoms with van der Waals surface area (Å²) >= 11 is 1.60. The van der Waals surface area contributed by atoms with Crippen LogP contribution in [0.3, 0.4) is 0 Å². The average Bonchev–Trinajstić information content (AvgIpc) is 2.96. The van der Waals surface area contributed by atoms with Gasteiger partial charge in [0.05, 0.1) is 12.2 Å². The molecule has 6 heteroatoms. The Morgan fingerprint density at radius 2 is 2.26 bits per heavy atom. The van der Waals surface area contributed by atoms with Gasteiger partial charge in [-0.2, -0.15) is 5.10 Å². The number of aromatic nitrogens is 2. The summed E-state index contributed by atoms with van der Waals surface area (Å²) in [5.74, 6) is 5.42. The second-order valence-corrected chi connectivity index (χ2v) is 5.49. The Balaban J connectivity index is 2.06. The van der Waals surface area contributed by atoms with Crippen LogP contribution in [-0.4, -0.2) is 9.78 Å². The van der Waals surface area contributed by atoms with Gasteiger partial charge in [-0.1, -0.05) is 0 Å². The van der Waals surface area contributed by atoms with E-state index in [1.807, 2.05) is 19.3 Å². The van der Waals surface area contributed by atoms with E-state index in [1.165, 1.54) is 12.1 Å². The molecule has 1 aromatic carbocycles. The number of benzene rings is 1. The zero-order chi connectivity index (χ0) is 13.4. The molecule has 0 spiro atoms. The highest BCUT2D eigenvalue weighted by atomic mass is 32.1. The van der Waals surface area contributed by atoms with Gasteiger partial charge in [0.15, 0.2) is 0 Å². The highest BCUT2D eigenvalue weighted by Gasteiger charge is 2.17. The number of halogens is 1. The summed E-state index contributed by atoms with van der Waals surface area (Å²) in [4.78, 5) is 1.04. The molecule has 2 heterocycles. The number of hydrogen-bond acceptors (Lipinski definition) is 4. The van der Waals surface area contributed by atoms with Gasteiger partial charge in [0, 0.05) is 28.4 Å². The summed E-state index contributed by atoms with van der Waals surface area (Å²) in [6.45, 7) is 0. The molecule has 4 nitrogen and oxygen atoms in total. The minimum absolute atomic E-state index is 0.130. The molecule has 0 aliphatic heterocycles. The maximum atomic E-state index is 13.2. The fourth-order valence-electron chi connectivity index (χ4n) is 2.11. The van der Waals surface area contributed by atoms with Gasteiger partial charge in [-0.05, 0) is 29.7 Å². The first-order valence-electron chi connectivity index (χ1n) is 5.81. The second-order valence-electron chi connectivity index (χ2n) is 4.38. The van der Waals surface area contributed by atoms with Crippen LogP contribution in [0, 0.1) is 5.82 Å². The summed E-state index contributed by atoms with van der Waals surface area (Å²) < 4.78 is 16.0. The van der Waals surface area contributed by atoms with Crippen molar-refractivity contribution in [3.63, 3.8) is 0 Å². The zero-order valence-corrected chi connectivity index (χ0v) is 11.1. The van der Waals surface area contributed by atoms with E-state index in [2.05, 4.69) is 10.5 Å². The van der Waals surface area contributed by atoms with Crippen molar-refractivity contribution in [1.29, 1.82) is 0 Å². The normalized spacial score (nSPS) is 13.0. The van der Waals surface area contributed by atoms with Crippen molar-refractivity contribution in [2.75, 3.05) is 0 Å². The Hall–Kier alpha value is -1.76. The fourth-order valence-corrected chi connectivity index (χ4v) is 3.24. The number of nitrogens with zero attached hydrogens (tertiary/aromatic N) is 2. The number of thiophene rings is 1. The predicted octanol–water partition coefficient (Wildman–Crippen LogP) is 2.33. The van der Waals surface area contributed by atoms with E-state index >= 15 is 0 Å². The number of nitrogens with one attached hydrogen (secondary N) is 1. The first-order chi connectivity index (χ1) is 9.17. The lowest BCUT2D eigenvalue weighted by molar-refractivity contribution is 0.629. The van der Waals surface area contributed by atoms with Crippen LogP contribution in [0.5, 0.6) is 0 Å². The van der Waals surface area contributed by atoms with Gasteiger partial charge in [0.25, 0.3) is 0 Å². The van der Waals surface area contributed by atoms with Crippen LogP contribution in [0.25, 0.3) is 10.1 Å². The first kappa shape index (κ1) is 12.3. The Labute approximate surface area is 113 Å². The lowest BCUT2D eigenvalue weighted by Crippen LogP contribution is -2.27. The topological polar surface area (TPSA) is 55.9 Å². The molecule has 0 aliphatic rings. The van der Waals surface area contributed by atoms with Crippen molar-refractivity contribution in [3.8, 4) is 0 Å². The van der Waals surface area contributed by atoms with Gasteiger partial charge in [-0.3, -0.25) is 10.5 Å². The van der Waals surface area contributed by atoms with Crippen LogP contribution in [0.1, 0.15) is 16.5 Å². The van der Waals surface area contributed by atoms with Crippen LogP contribution in [0.4, 0.5) is 4.39 Å². The fraction of sp³-hybridized carbons (Fsp3) is 0.154. The molecule has 98 valence electrons. The molecule has 0 saturated heterocycles. The number of hydrogen-bond donors (Lipinski definition) is 2. The molecule has 0 saturated carbocycles. The van der Waals surface area contributed by atoms with Gasteiger partial charge in [0.1, 0.15) is 5.82 Å². The Kier molecular flexibility index (Phi) is 3.06. The largest absolute Gasteiger partial charge is 0.275 e. The van der Waals surface area contributed by atoms with Crippen LogP contribution in [-0.2, 0) is 7.05 Å². The summed E-state index contributed by atoms with van der Waals surface area (Å²) in [6.07, 6.45) is 3.69. The SMILES string of the molecule is Cn1cc(C(NN)c2cc3cc(F)ccc3s2)cn1. The lowest BCUT2D eigenvalue weighted by atomic mass is 10.1. The smallest absolute Gasteiger partial charge is 0.123 e. The third-order valence-electron chi connectivity index (χ3n) is 3.01. The van der Waals surface area contributed by atoms with Crippen LogP contribution in [0.2, 0.25) is 0 Å². The third kappa shape index (κ3) is 2.25. The Bertz CT molecular complexity index is 718. The number of hydrazine groups is 1. The average molecular weight is 276 g/mol. The van der Waals surface area contributed by atoms with Gasteiger partial charge in [-0.15, -0.1) is 11.3 Å². The summed E-state index contributed by atoms with van der Waals surface area (Å²) in [5, 5.41) is 5.04. The minimum Gasteiger partial charge on any atom is -0.275 e. The number of fused-ring (bicyclic) bond motifs is 1. The predicted molar refractivity (Wildman–Crippen MR) is 74.2 cm³/mol. The van der Waals surface area contributed by atoms with Crippen LogP contribution in [0.15, 0.2) is 36.7 Å². The molecule has 0 amide bonds. The lowest BCUT2D eigenvalue weighted by Gasteiger charge is -2.11. The molecule has 0 radical (unpaired) electrons. The standard InChI is InChI=1S/C13H13FN4S/c1-18-7-9(6-16-18)13(17-15)12-5-8-4-10(14)2-3-11(8)19-12/h2-7,13,17H,15H2,1H3. The van der Waals surface area contributed by atoms with E-state index in [-0.39, 0.29) is 11.9 Å². The van der Waals surface area contributed by atoms with E-state index in [1.54, 1.807) is 28.3 Å². The van der Waals surface area contributed by atoms with Crippen molar-refractivity contribution in [2.24, 2.45) is 12.9 Å². The highest BCUT2D eigenvalue weighted by molar-refractivity contribution is 7.19. The van der Waals surface area contributed by atoms with Crippen molar-refractivity contribution in [3.05, 3.63) is 52.9 Å². The highest BCUT2D eigenvalue weighted by Crippen LogP contribution is 2.32. The molecular formula is C13H13FN4S. The van der Waals surface area contributed by atoms with Gasteiger partial charge < -0.3 is 0 Å². The summed E-state index contributed by atoms with van der Waals surface area (Å²) in [6, 6.07) is 6.62. The second kappa shape index (κ2) is 4.73. The van der Waals surface area contributed by atoms with E-state index in [0.29, 0.717) is 0 Å². The first-order valence-corrected chi connectivity index (χ1v) is 6.62. The molecule has 0 aliphatic carbocycles. The molecule has 3 aromatic rings. The number of rotatable bonds is 3. The van der Waals surface area contributed by atoms with Gasteiger partial charge in [0.2, 0.25) is 0 Å². The van der Waals surface area contributed by atoms with Crippen molar-refractivity contribution in [2.45, 2.75) is 6.04 Å². The van der Waals surface area contributed by atoms with Crippen LogP contribution >= 0.6 is 11.3 Å². The van der Waals surface area contributed by atoms with Crippen molar-refractivity contribution >= 4 is 21.4 Å². The number of nitrogens with two attached hydrogens (primary N) is 1. The molecule has 3 rings (SSSR count). The van der Waals surface area contributed by atoms with Crippen molar-refractivity contribution in [1.82, 2.24) is 15.2 Å². The number of aryl methyl sites for hydroxylation is 1. The molecule has 0 fully saturated rings. The Morgan fingerprint density at radius 3 is 2.95 bits per heavy atom. The van der Waals surface area contributed by atoms with Gasteiger partial charge in [-0.25, -0.2) is 9.82 Å². The van der Waals surface area contributed by atoms with Gasteiger partial charge >= 0.3 is 0 Å². The quantitative estimate of drug-likeness (QED) is 0.570. The van der Waals surface area contributed by atoms with Crippen molar-refractivity contribution < 1.29 is 4.39 Å². The summed E-state index contributed by atoms with van der Waals surface area (Å²) in [5.41, 5.74) is 3.77. The van der Waals surface area contributed by atoms with E-state index in [9.17, 15) is 4.39 Å². The summed E-state index contributed by atoms with van der Waals surface area (Å²) in [7, 11) is 1.86. The molecule has 1 atom stereocenters. The molecular weight excluding hydrogens is 263 g/mol. The zero-order valence-electron chi connectivity index (χ0n) is 10.3. The molecule has 0 bridgehead atoms. The third-order valence-corrected chi connectivity index (χ3v) is 4.19. The van der Waals surface area contributed by atoms with Crippen LogP contribution < -0.4 is 11.3 Å². The maximum Gasteiger partial charge on any atom is 0.123 e. The maximum absolute atomic E-state index is 13.2.